The van der Waals surface area contributed by atoms with Crippen molar-refractivity contribution in [2.75, 3.05) is 6.54 Å². The van der Waals surface area contributed by atoms with Crippen LogP contribution in [0.5, 0.6) is 0 Å². The molecule has 1 amide bonds. The molecule has 0 aromatic carbocycles. The van der Waals surface area contributed by atoms with Crippen LogP contribution in [0.25, 0.3) is 0 Å². The number of ether oxygens (including phenoxy) is 1. The van der Waals surface area contributed by atoms with Crippen LogP contribution < -0.4 is 5.32 Å². The molecule has 4 bridgehead atoms. The van der Waals surface area contributed by atoms with Crippen molar-refractivity contribution in [3.05, 3.63) is 0 Å². The fourth-order valence-corrected chi connectivity index (χ4v) is 4.97. The van der Waals surface area contributed by atoms with Gasteiger partial charge in [0.25, 0.3) is 0 Å². The Hall–Kier alpha value is -1.26. The van der Waals surface area contributed by atoms with Gasteiger partial charge in [-0.3, -0.25) is 4.79 Å². The second-order valence-electron chi connectivity index (χ2n) is 7.86. The predicted octanol–water partition coefficient (Wildman–Crippen LogP) is 2.40. The van der Waals surface area contributed by atoms with E-state index in [1.807, 2.05) is 20.8 Å². The Morgan fingerprint density at radius 1 is 1.20 bits per heavy atom. The molecule has 4 rings (SSSR count). The summed E-state index contributed by atoms with van der Waals surface area (Å²) in [4.78, 5) is 23.6. The van der Waals surface area contributed by atoms with E-state index in [1.54, 1.807) is 0 Å². The van der Waals surface area contributed by atoms with Crippen LogP contribution in [-0.2, 0) is 9.53 Å². The van der Waals surface area contributed by atoms with Gasteiger partial charge in [0.15, 0.2) is 0 Å². The van der Waals surface area contributed by atoms with Crippen molar-refractivity contribution in [3.8, 4) is 0 Å². The van der Waals surface area contributed by atoms with Crippen molar-refractivity contribution in [3.63, 3.8) is 0 Å². The van der Waals surface area contributed by atoms with Gasteiger partial charge in [0, 0.05) is 12.0 Å². The Morgan fingerprint density at radius 3 is 2.20 bits per heavy atom. The van der Waals surface area contributed by atoms with Crippen molar-refractivity contribution < 1.29 is 19.4 Å². The van der Waals surface area contributed by atoms with Gasteiger partial charge in [-0.15, -0.1) is 0 Å². The number of carboxylic acid groups (broad SMARTS) is 1. The predicted molar refractivity (Wildman–Crippen MR) is 72.2 cm³/mol. The summed E-state index contributed by atoms with van der Waals surface area (Å²) in [5.74, 6) is 0.420. The van der Waals surface area contributed by atoms with Gasteiger partial charge in [0.1, 0.15) is 5.60 Å². The average Bonchev–Trinajstić information content (AvgIpc) is 2.93. The van der Waals surface area contributed by atoms with Crippen molar-refractivity contribution in [2.45, 2.75) is 52.1 Å². The summed E-state index contributed by atoms with van der Waals surface area (Å²) in [6, 6.07) is 0. The zero-order chi connectivity index (χ0) is 14.8. The summed E-state index contributed by atoms with van der Waals surface area (Å²) in [5.41, 5.74) is -1.37. The van der Waals surface area contributed by atoms with E-state index >= 15 is 0 Å². The highest BCUT2D eigenvalue weighted by molar-refractivity contribution is 5.78. The van der Waals surface area contributed by atoms with Crippen LogP contribution in [0.15, 0.2) is 0 Å². The van der Waals surface area contributed by atoms with E-state index in [-0.39, 0.29) is 5.41 Å². The number of carbonyl (C=O) groups is 2. The van der Waals surface area contributed by atoms with E-state index in [0.29, 0.717) is 18.4 Å². The number of carboxylic acids is 1. The molecule has 0 heterocycles. The minimum absolute atomic E-state index is 0.245. The van der Waals surface area contributed by atoms with Gasteiger partial charge in [-0.1, -0.05) is 0 Å². The van der Waals surface area contributed by atoms with Gasteiger partial charge in [-0.05, 0) is 58.3 Å². The Kier molecular flexibility index (Phi) is 2.67. The fraction of sp³-hybridized carbons (Fsp3) is 0.867. The normalized spacial score (nSPS) is 41.1. The van der Waals surface area contributed by atoms with E-state index in [0.717, 1.165) is 25.7 Å². The molecule has 0 aromatic rings. The highest BCUT2D eigenvalue weighted by Gasteiger charge is 2.74. The Balaban J connectivity index is 1.69. The number of alkyl carbamates (subject to hydrolysis) is 1. The smallest absolute Gasteiger partial charge is 0.407 e. The number of aliphatic carboxylic acids is 1. The molecule has 112 valence electrons. The molecule has 0 aliphatic heterocycles. The van der Waals surface area contributed by atoms with E-state index < -0.39 is 23.1 Å². The molecule has 4 aliphatic carbocycles. The highest BCUT2D eigenvalue weighted by Crippen LogP contribution is 2.76. The minimum Gasteiger partial charge on any atom is -0.481 e. The maximum atomic E-state index is 11.8. The molecule has 0 aromatic heterocycles. The topological polar surface area (TPSA) is 75.6 Å². The molecule has 0 saturated heterocycles. The van der Waals surface area contributed by atoms with Gasteiger partial charge in [0.05, 0.1) is 5.41 Å². The molecule has 20 heavy (non-hydrogen) atoms. The minimum atomic E-state index is -0.675. The molecule has 0 spiro atoms. The monoisotopic (exact) mass is 281 g/mol. The number of rotatable bonds is 3. The molecule has 4 aliphatic rings. The molecule has 4 fully saturated rings. The Bertz CT molecular complexity index is 451. The molecule has 5 heteroatoms. The van der Waals surface area contributed by atoms with Crippen LogP contribution in [-0.4, -0.2) is 29.3 Å². The fourth-order valence-electron chi connectivity index (χ4n) is 4.97. The molecule has 2 unspecified atom stereocenters. The molecule has 5 nitrogen and oxygen atoms in total. The third-order valence-electron chi connectivity index (χ3n) is 5.59. The third-order valence-corrected chi connectivity index (χ3v) is 5.59. The largest absolute Gasteiger partial charge is 0.481 e. The van der Waals surface area contributed by atoms with Crippen LogP contribution >= 0.6 is 0 Å². The lowest BCUT2D eigenvalue weighted by atomic mass is 9.68. The molecular weight excluding hydrogens is 258 g/mol. The number of hydrogen-bond acceptors (Lipinski definition) is 3. The van der Waals surface area contributed by atoms with Crippen molar-refractivity contribution >= 4 is 12.1 Å². The maximum Gasteiger partial charge on any atom is 0.407 e. The van der Waals surface area contributed by atoms with Crippen LogP contribution in [0, 0.1) is 22.7 Å². The van der Waals surface area contributed by atoms with Crippen molar-refractivity contribution in [2.24, 2.45) is 22.7 Å². The Morgan fingerprint density at radius 2 is 1.75 bits per heavy atom. The quantitative estimate of drug-likeness (QED) is 0.833. The third kappa shape index (κ3) is 1.75. The summed E-state index contributed by atoms with van der Waals surface area (Å²) in [6.07, 6.45) is 3.03. The number of nitrogens with one attached hydrogen (secondary N) is 1. The first kappa shape index (κ1) is 13.7. The van der Waals surface area contributed by atoms with E-state index in [9.17, 15) is 14.7 Å². The van der Waals surface area contributed by atoms with E-state index in [1.165, 1.54) is 0 Å². The number of hydrogen-bond donors (Lipinski definition) is 2. The van der Waals surface area contributed by atoms with Crippen molar-refractivity contribution in [1.29, 1.82) is 0 Å². The van der Waals surface area contributed by atoms with Gasteiger partial charge in [-0.2, -0.15) is 0 Å². The number of amides is 1. The van der Waals surface area contributed by atoms with Crippen molar-refractivity contribution in [1.82, 2.24) is 5.32 Å². The van der Waals surface area contributed by atoms with Crippen LogP contribution in [0.4, 0.5) is 4.79 Å². The first-order valence-electron chi connectivity index (χ1n) is 7.38. The number of carbonyl (C=O) groups excluding carboxylic acids is 1. The van der Waals surface area contributed by atoms with Gasteiger partial charge >= 0.3 is 12.1 Å². The summed E-state index contributed by atoms with van der Waals surface area (Å²) >= 11 is 0. The zero-order valence-corrected chi connectivity index (χ0v) is 12.4. The first-order chi connectivity index (χ1) is 9.17. The summed E-state index contributed by atoms with van der Waals surface area (Å²) in [7, 11) is 0. The molecular formula is C15H23NO4. The average molecular weight is 281 g/mol. The summed E-state index contributed by atoms with van der Waals surface area (Å²) in [6.45, 7) is 5.90. The molecule has 2 atom stereocenters. The van der Waals surface area contributed by atoms with E-state index in [2.05, 4.69) is 5.32 Å². The Labute approximate surface area is 119 Å². The highest BCUT2D eigenvalue weighted by atomic mass is 16.6. The second-order valence-corrected chi connectivity index (χ2v) is 7.86. The standard InChI is InChI=1S/C15H23NO4/c1-13(2,3)20-12(19)16-8-14-4-9-6-15(14,11(17)18)7-10(9)5-14/h9-10H,4-8H2,1-3H3,(H,16,19)(H,17,18). The van der Waals surface area contributed by atoms with Crippen LogP contribution in [0.1, 0.15) is 46.5 Å². The second kappa shape index (κ2) is 3.89. The van der Waals surface area contributed by atoms with E-state index in [4.69, 9.17) is 4.74 Å². The van der Waals surface area contributed by atoms with Crippen LogP contribution in [0.3, 0.4) is 0 Å². The van der Waals surface area contributed by atoms with Gasteiger partial charge in [0.2, 0.25) is 0 Å². The lowest BCUT2D eigenvalue weighted by molar-refractivity contribution is -0.154. The SMILES string of the molecule is CC(C)(C)OC(=O)NCC12CC3CC1(C(=O)O)CC3C2. The lowest BCUT2D eigenvalue weighted by Gasteiger charge is -2.37. The van der Waals surface area contributed by atoms with Gasteiger partial charge < -0.3 is 15.2 Å². The molecule has 4 saturated carbocycles. The molecule has 2 N–H and O–H groups in total. The summed E-state index contributed by atoms with van der Waals surface area (Å²) in [5, 5.41) is 12.5. The van der Waals surface area contributed by atoms with Gasteiger partial charge in [-0.25, -0.2) is 4.79 Å². The molecule has 0 radical (unpaired) electrons. The van der Waals surface area contributed by atoms with Crippen LogP contribution in [0.2, 0.25) is 0 Å². The maximum absolute atomic E-state index is 11.8. The first-order valence-corrected chi connectivity index (χ1v) is 7.38. The lowest BCUT2D eigenvalue weighted by Crippen LogP contribution is -2.47. The zero-order valence-electron chi connectivity index (χ0n) is 12.4. The summed E-state index contributed by atoms with van der Waals surface area (Å²) < 4.78 is 5.25.